The lowest BCUT2D eigenvalue weighted by molar-refractivity contribution is -0.274. The fourth-order valence-electron chi connectivity index (χ4n) is 3.20. The van der Waals surface area contributed by atoms with Crippen molar-refractivity contribution in [3.63, 3.8) is 0 Å². The molecule has 0 aromatic heterocycles. The Morgan fingerprint density at radius 3 is 1.52 bits per heavy atom. The maximum atomic E-state index is 6.08. The molecule has 0 saturated carbocycles. The summed E-state index contributed by atoms with van der Waals surface area (Å²) in [5, 5.41) is 0. The van der Waals surface area contributed by atoms with E-state index in [-0.39, 0.29) is 5.79 Å². The average Bonchev–Trinajstić information content (AvgIpc) is 2.52. The molecule has 126 valence electrons. The molecule has 1 aliphatic rings. The molecular formula is C19H38O2. The number of unbranched alkanes of at least 4 members (excludes halogenated alkanes) is 9. The van der Waals surface area contributed by atoms with Crippen LogP contribution in [0.2, 0.25) is 0 Å². The highest BCUT2D eigenvalue weighted by atomic mass is 16.7. The molecule has 0 atom stereocenters. The van der Waals surface area contributed by atoms with E-state index in [9.17, 15) is 0 Å². The van der Waals surface area contributed by atoms with Gasteiger partial charge in [-0.15, -0.1) is 0 Å². The molecule has 1 fully saturated rings. The molecule has 0 amide bonds. The summed E-state index contributed by atoms with van der Waals surface area (Å²) in [5.74, 6) is -0.227. The van der Waals surface area contributed by atoms with Crippen molar-refractivity contribution in [2.45, 2.75) is 110 Å². The minimum atomic E-state index is -0.227. The lowest BCUT2D eigenvalue weighted by Crippen LogP contribution is -2.40. The Balaban J connectivity index is 2.19. The van der Waals surface area contributed by atoms with Gasteiger partial charge in [0.05, 0.1) is 13.2 Å². The molecule has 0 unspecified atom stereocenters. The number of rotatable bonds is 13. The molecule has 0 bridgehead atoms. The number of ether oxygens (including phenoxy) is 2. The van der Waals surface area contributed by atoms with Gasteiger partial charge < -0.3 is 9.47 Å². The van der Waals surface area contributed by atoms with Gasteiger partial charge in [0.2, 0.25) is 0 Å². The van der Waals surface area contributed by atoms with Crippen LogP contribution in [0.15, 0.2) is 0 Å². The molecular weight excluding hydrogens is 260 g/mol. The maximum absolute atomic E-state index is 6.08. The van der Waals surface area contributed by atoms with Crippen LogP contribution in [0, 0.1) is 0 Å². The second-order valence-electron chi connectivity index (χ2n) is 6.64. The van der Waals surface area contributed by atoms with Gasteiger partial charge in [-0.25, -0.2) is 0 Å². The Morgan fingerprint density at radius 1 is 0.619 bits per heavy atom. The standard InChI is InChI=1S/C19H38O2/c1-3-5-7-9-11-13-16-19(20-17-14-18-21-19)15-12-10-8-6-4-2/h3-18H2,1-2H3. The second-order valence-corrected chi connectivity index (χ2v) is 6.64. The summed E-state index contributed by atoms with van der Waals surface area (Å²) < 4.78 is 12.2. The Bertz CT molecular complexity index is 222. The van der Waals surface area contributed by atoms with Crippen molar-refractivity contribution < 1.29 is 9.47 Å². The summed E-state index contributed by atoms with van der Waals surface area (Å²) in [5.41, 5.74) is 0. The van der Waals surface area contributed by atoms with Crippen LogP contribution in [0.1, 0.15) is 104 Å². The molecule has 1 rings (SSSR count). The zero-order valence-corrected chi connectivity index (χ0v) is 14.6. The molecule has 0 aromatic carbocycles. The SMILES string of the molecule is CCCCCCCCC1(CCCCCCC)OCCCO1. The van der Waals surface area contributed by atoms with Crippen LogP contribution in [0.4, 0.5) is 0 Å². The Kier molecular flexibility index (Phi) is 11.3. The van der Waals surface area contributed by atoms with Gasteiger partial charge in [0, 0.05) is 12.8 Å². The summed E-state index contributed by atoms with van der Waals surface area (Å²) in [7, 11) is 0. The van der Waals surface area contributed by atoms with Crippen LogP contribution in [-0.4, -0.2) is 19.0 Å². The highest BCUT2D eigenvalue weighted by Crippen LogP contribution is 2.31. The van der Waals surface area contributed by atoms with Crippen LogP contribution < -0.4 is 0 Å². The first-order valence-electron chi connectivity index (χ1n) is 9.61. The molecule has 1 saturated heterocycles. The highest BCUT2D eigenvalue weighted by Gasteiger charge is 2.33. The average molecular weight is 299 g/mol. The van der Waals surface area contributed by atoms with Gasteiger partial charge in [-0.05, 0) is 19.3 Å². The van der Waals surface area contributed by atoms with Gasteiger partial charge in [-0.3, -0.25) is 0 Å². The van der Waals surface area contributed by atoms with E-state index in [0.717, 1.165) is 32.5 Å². The van der Waals surface area contributed by atoms with Crippen LogP contribution in [0.5, 0.6) is 0 Å². The normalized spacial score (nSPS) is 18.0. The van der Waals surface area contributed by atoms with Gasteiger partial charge in [-0.2, -0.15) is 0 Å². The van der Waals surface area contributed by atoms with E-state index in [1.165, 1.54) is 70.6 Å². The second kappa shape index (κ2) is 12.5. The number of hydrogen-bond donors (Lipinski definition) is 0. The molecule has 2 heteroatoms. The van der Waals surface area contributed by atoms with Crippen molar-refractivity contribution in [1.82, 2.24) is 0 Å². The van der Waals surface area contributed by atoms with Gasteiger partial charge in [0.15, 0.2) is 5.79 Å². The fraction of sp³-hybridized carbons (Fsp3) is 1.00. The van der Waals surface area contributed by atoms with Crippen LogP contribution in [-0.2, 0) is 9.47 Å². The monoisotopic (exact) mass is 298 g/mol. The molecule has 0 aromatic rings. The molecule has 0 N–H and O–H groups in total. The van der Waals surface area contributed by atoms with Gasteiger partial charge in [-0.1, -0.05) is 71.6 Å². The van der Waals surface area contributed by atoms with Crippen LogP contribution in [0.3, 0.4) is 0 Å². The van der Waals surface area contributed by atoms with E-state index in [2.05, 4.69) is 13.8 Å². The largest absolute Gasteiger partial charge is 0.350 e. The molecule has 0 aliphatic carbocycles. The number of hydrogen-bond acceptors (Lipinski definition) is 2. The van der Waals surface area contributed by atoms with Gasteiger partial charge in [0.25, 0.3) is 0 Å². The fourth-order valence-corrected chi connectivity index (χ4v) is 3.20. The zero-order valence-electron chi connectivity index (χ0n) is 14.6. The van der Waals surface area contributed by atoms with E-state index < -0.39 is 0 Å². The minimum absolute atomic E-state index is 0.227. The van der Waals surface area contributed by atoms with Gasteiger partial charge >= 0.3 is 0 Å². The third-order valence-corrected chi connectivity index (χ3v) is 4.59. The van der Waals surface area contributed by atoms with E-state index in [1.54, 1.807) is 0 Å². The Labute approximate surface area is 133 Å². The summed E-state index contributed by atoms with van der Waals surface area (Å²) in [6.07, 6.45) is 18.0. The molecule has 21 heavy (non-hydrogen) atoms. The Hall–Kier alpha value is -0.0800. The van der Waals surface area contributed by atoms with Crippen molar-refractivity contribution >= 4 is 0 Å². The highest BCUT2D eigenvalue weighted by molar-refractivity contribution is 4.73. The first kappa shape index (κ1) is 19.0. The minimum Gasteiger partial charge on any atom is -0.350 e. The molecule has 1 aliphatic heterocycles. The maximum Gasteiger partial charge on any atom is 0.168 e. The summed E-state index contributed by atoms with van der Waals surface area (Å²) in [4.78, 5) is 0. The first-order valence-corrected chi connectivity index (χ1v) is 9.61. The third-order valence-electron chi connectivity index (χ3n) is 4.59. The lowest BCUT2D eigenvalue weighted by atomic mass is 9.98. The molecule has 0 radical (unpaired) electrons. The first-order chi connectivity index (χ1) is 10.3. The van der Waals surface area contributed by atoms with Crippen molar-refractivity contribution in [2.75, 3.05) is 13.2 Å². The van der Waals surface area contributed by atoms with E-state index in [1.807, 2.05) is 0 Å². The summed E-state index contributed by atoms with van der Waals surface area (Å²) in [6, 6.07) is 0. The van der Waals surface area contributed by atoms with E-state index >= 15 is 0 Å². The topological polar surface area (TPSA) is 18.5 Å². The van der Waals surface area contributed by atoms with Crippen molar-refractivity contribution in [3.05, 3.63) is 0 Å². The molecule has 0 spiro atoms. The van der Waals surface area contributed by atoms with Crippen molar-refractivity contribution in [3.8, 4) is 0 Å². The lowest BCUT2D eigenvalue weighted by Gasteiger charge is -2.37. The summed E-state index contributed by atoms with van der Waals surface area (Å²) >= 11 is 0. The van der Waals surface area contributed by atoms with Gasteiger partial charge in [0.1, 0.15) is 0 Å². The van der Waals surface area contributed by atoms with Crippen LogP contribution >= 0.6 is 0 Å². The quantitative estimate of drug-likeness (QED) is 0.375. The Morgan fingerprint density at radius 2 is 1.05 bits per heavy atom. The predicted molar refractivity (Wildman–Crippen MR) is 90.6 cm³/mol. The molecule has 2 nitrogen and oxygen atoms in total. The predicted octanol–water partition coefficient (Wildman–Crippen LogP) is 6.23. The third kappa shape index (κ3) is 8.83. The molecule has 1 heterocycles. The van der Waals surface area contributed by atoms with E-state index in [0.29, 0.717) is 0 Å². The zero-order chi connectivity index (χ0) is 15.2. The van der Waals surface area contributed by atoms with Crippen molar-refractivity contribution in [2.24, 2.45) is 0 Å². The smallest absolute Gasteiger partial charge is 0.168 e. The van der Waals surface area contributed by atoms with E-state index in [4.69, 9.17) is 9.47 Å². The van der Waals surface area contributed by atoms with Crippen LogP contribution in [0.25, 0.3) is 0 Å². The van der Waals surface area contributed by atoms with Crippen molar-refractivity contribution in [1.29, 1.82) is 0 Å². The summed E-state index contributed by atoms with van der Waals surface area (Å²) in [6.45, 7) is 6.33.